The van der Waals surface area contributed by atoms with Crippen molar-refractivity contribution in [3.05, 3.63) is 12.4 Å². The summed E-state index contributed by atoms with van der Waals surface area (Å²) in [6, 6.07) is 0. The Kier molecular flexibility index (Phi) is 3.70. The van der Waals surface area contributed by atoms with Gasteiger partial charge in [0.1, 0.15) is 0 Å². The van der Waals surface area contributed by atoms with Crippen molar-refractivity contribution in [1.29, 1.82) is 0 Å². The average Bonchev–Trinajstić information content (AvgIpc) is 2.81. The Morgan fingerprint density at radius 3 is 2.33 bits per heavy atom. The second kappa shape index (κ2) is 4.85. The van der Waals surface area contributed by atoms with Gasteiger partial charge >= 0.3 is 13.1 Å². The maximum Gasteiger partial charge on any atom is 0.498 e. The largest absolute Gasteiger partial charge is 0.498 e. The first-order valence-corrected chi connectivity index (χ1v) is 7.07. The zero-order valence-electron chi connectivity index (χ0n) is 13.5. The van der Waals surface area contributed by atoms with Gasteiger partial charge in [0.25, 0.3) is 0 Å². The van der Waals surface area contributed by atoms with Crippen LogP contribution in [0.1, 0.15) is 48.0 Å². The summed E-state index contributed by atoms with van der Waals surface area (Å²) in [7, 11) is -0.482. The highest BCUT2D eigenvalue weighted by Gasteiger charge is 2.52. The Morgan fingerprint density at radius 1 is 1.33 bits per heavy atom. The van der Waals surface area contributed by atoms with Crippen LogP contribution in [-0.2, 0) is 19.6 Å². The molecule has 0 amide bonds. The van der Waals surface area contributed by atoms with Gasteiger partial charge in [0.2, 0.25) is 0 Å². The van der Waals surface area contributed by atoms with E-state index >= 15 is 0 Å². The van der Waals surface area contributed by atoms with E-state index in [9.17, 15) is 4.79 Å². The number of nitrogens with zero attached hydrogens (tertiary/aromatic N) is 2. The average molecular weight is 294 g/mol. The van der Waals surface area contributed by atoms with Gasteiger partial charge in [-0.25, -0.2) is 0 Å². The summed E-state index contributed by atoms with van der Waals surface area (Å²) < 4.78 is 13.6. The number of carbonyl (C=O) groups is 1. The summed E-state index contributed by atoms with van der Waals surface area (Å²) in [5.41, 5.74) is -0.618. The lowest BCUT2D eigenvalue weighted by atomic mass is 9.82. The fourth-order valence-electron chi connectivity index (χ4n) is 2.22. The van der Waals surface area contributed by atoms with Crippen LogP contribution in [0.2, 0.25) is 0 Å². The van der Waals surface area contributed by atoms with Crippen LogP contribution >= 0.6 is 0 Å². The number of rotatable bonds is 4. The highest BCUT2D eigenvalue weighted by molar-refractivity contribution is 6.62. The second-order valence-electron chi connectivity index (χ2n) is 7.19. The maximum atomic E-state index is 10.9. The van der Waals surface area contributed by atoms with Crippen molar-refractivity contribution in [2.24, 2.45) is 0 Å². The summed E-state index contributed by atoms with van der Waals surface area (Å²) in [6.45, 7) is 11.6. The van der Waals surface area contributed by atoms with E-state index in [-0.39, 0.29) is 6.42 Å². The van der Waals surface area contributed by atoms with E-state index in [2.05, 4.69) is 5.10 Å². The Bertz CT molecular complexity index is 535. The van der Waals surface area contributed by atoms with Crippen LogP contribution in [0.3, 0.4) is 0 Å². The molecule has 6 nitrogen and oxygen atoms in total. The molecule has 0 radical (unpaired) electrons. The van der Waals surface area contributed by atoms with Crippen molar-refractivity contribution < 1.29 is 19.2 Å². The van der Waals surface area contributed by atoms with Gasteiger partial charge in [-0.05, 0) is 41.5 Å². The fourth-order valence-corrected chi connectivity index (χ4v) is 2.22. The number of carboxylic acid groups (broad SMARTS) is 1. The lowest BCUT2D eigenvalue weighted by molar-refractivity contribution is -0.139. The van der Waals surface area contributed by atoms with E-state index < -0.39 is 29.8 Å². The summed E-state index contributed by atoms with van der Waals surface area (Å²) in [5.74, 6) is -0.854. The van der Waals surface area contributed by atoms with E-state index in [0.29, 0.717) is 0 Å². The first-order valence-electron chi connectivity index (χ1n) is 7.07. The van der Waals surface area contributed by atoms with Gasteiger partial charge in [-0.3, -0.25) is 9.48 Å². The van der Waals surface area contributed by atoms with Crippen molar-refractivity contribution in [3.8, 4) is 0 Å². The summed E-state index contributed by atoms with van der Waals surface area (Å²) >= 11 is 0. The van der Waals surface area contributed by atoms with E-state index in [1.807, 2.05) is 41.5 Å². The van der Waals surface area contributed by atoms with Crippen molar-refractivity contribution >= 4 is 18.6 Å². The van der Waals surface area contributed by atoms with Crippen LogP contribution in [0.15, 0.2) is 12.4 Å². The van der Waals surface area contributed by atoms with E-state index in [1.165, 1.54) is 0 Å². The zero-order chi connectivity index (χ0) is 16.1. The third-order valence-electron chi connectivity index (χ3n) is 4.33. The molecule has 0 spiro atoms. The number of aliphatic carboxylic acids is 1. The van der Waals surface area contributed by atoms with Crippen LogP contribution in [0.4, 0.5) is 0 Å². The summed E-state index contributed by atoms with van der Waals surface area (Å²) in [6.07, 6.45) is 3.47. The number of aromatic nitrogens is 2. The molecule has 0 aliphatic carbocycles. The smallest absolute Gasteiger partial charge is 0.481 e. The minimum Gasteiger partial charge on any atom is -0.481 e. The van der Waals surface area contributed by atoms with Crippen molar-refractivity contribution in [2.45, 2.75) is 64.7 Å². The molecule has 0 bridgehead atoms. The molecule has 116 valence electrons. The van der Waals surface area contributed by atoms with E-state index in [4.69, 9.17) is 14.4 Å². The summed E-state index contributed by atoms with van der Waals surface area (Å²) in [5, 5.41) is 13.2. The fraction of sp³-hybridized carbons (Fsp3) is 0.714. The molecule has 2 heterocycles. The molecule has 1 saturated heterocycles. The van der Waals surface area contributed by atoms with Gasteiger partial charge in [-0.2, -0.15) is 5.10 Å². The maximum absolute atomic E-state index is 10.9. The monoisotopic (exact) mass is 294 g/mol. The van der Waals surface area contributed by atoms with Gasteiger partial charge in [0.05, 0.1) is 23.2 Å². The van der Waals surface area contributed by atoms with Gasteiger partial charge in [0.15, 0.2) is 0 Å². The van der Waals surface area contributed by atoms with Gasteiger partial charge < -0.3 is 14.4 Å². The molecule has 0 unspecified atom stereocenters. The van der Waals surface area contributed by atoms with Crippen molar-refractivity contribution in [3.63, 3.8) is 0 Å². The first kappa shape index (κ1) is 16.0. The Hall–Kier alpha value is -1.34. The highest BCUT2D eigenvalue weighted by atomic mass is 16.7. The minimum absolute atomic E-state index is 0.00249. The van der Waals surface area contributed by atoms with E-state index in [1.54, 1.807) is 17.1 Å². The predicted molar refractivity (Wildman–Crippen MR) is 79.5 cm³/mol. The first-order chi connectivity index (χ1) is 9.45. The molecule has 2 rings (SSSR count). The molecule has 21 heavy (non-hydrogen) atoms. The normalized spacial score (nSPS) is 20.8. The lowest BCUT2D eigenvalue weighted by Gasteiger charge is -2.32. The molecule has 1 aromatic heterocycles. The number of carboxylic acids is 1. The quantitative estimate of drug-likeness (QED) is 0.850. The van der Waals surface area contributed by atoms with E-state index in [0.717, 1.165) is 5.46 Å². The van der Waals surface area contributed by atoms with Crippen LogP contribution in [0, 0.1) is 0 Å². The highest BCUT2D eigenvalue weighted by Crippen LogP contribution is 2.36. The van der Waals surface area contributed by atoms with Gasteiger partial charge in [-0.1, -0.05) is 0 Å². The third kappa shape index (κ3) is 2.99. The van der Waals surface area contributed by atoms with Crippen molar-refractivity contribution in [2.75, 3.05) is 0 Å². The molecular weight excluding hydrogens is 271 g/mol. The molecule has 0 atom stereocenters. The van der Waals surface area contributed by atoms with Crippen LogP contribution in [0.25, 0.3) is 0 Å². The number of hydrogen-bond acceptors (Lipinski definition) is 4. The molecule has 1 aliphatic rings. The topological polar surface area (TPSA) is 73.6 Å². The van der Waals surface area contributed by atoms with Gasteiger partial charge in [0, 0.05) is 17.9 Å². The third-order valence-corrected chi connectivity index (χ3v) is 4.33. The van der Waals surface area contributed by atoms with Crippen LogP contribution in [-0.4, -0.2) is 39.2 Å². The minimum atomic E-state index is -0.854. The molecule has 1 aliphatic heterocycles. The molecule has 1 aromatic rings. The Labute approximate surface area is 125 Å². The standard InChI is InChI=1S/C14H23BN2O4/c1-12(2,7-11(18)19)17-9-10(8-16-17)15-20-13(3,4)14(5,6)21-15/h8-9H,7H2,1-6H3,(H,18,19). The molecule has 1 N–H and O–H groups in total. The number of hydrogen-bond donors (Lipinski definition) is 1. The lowest BCUT2D eigenvalue weighted by Crippen LogP contribution is -2.41. The SMILES string of the molecule is CC(C)(CC(=O)O)n1cc(B2OC(C)(C)C(C)(C)O2)cn1. The van der Waals surface area contributed by atoms with Crippen molar-refractivity contribution in [1.82, 2.24) is 9.78 Å². The molecule has 7 heteroatoms. The van der Waals surface area contributed by atoms with Crippen LogP contribution in [0.5, 0.6) is 0 Å². The molecular formula is C14H23BN2O4. The Balaban J connectivity index is 2.20. The predicted octanol–water partition coefficient (Wildman–Crippen LogP) is 1.39. The van der Waals surface area contributed by atoms with Gasteiger partial charge in [-0.15, -0.1) is 0 Å². The molecule has 0 saturated carbocycles. The molecule has 0 aromatic carbocycles. The Morgan fingerprint density at radius 2 is 1.86 bits per heavy atom. The second-order valence-corrected chi connectivity index (χ2v) is 7.19. The summed E-state index contributed by atoms with van der Waals surface area (Å²) in [4.78, 5) is 10.9. The van der Waals surface area contributed by atoms with Crippen LogP contribution < -0.4 is 5.46 Å². The molecule has 1 fully saturated rings. The zero-order valence-corrected chi connectivity index (χ0v) is 13.5.